The molecule has 0 spiro atoms. The average molecular weight is 564 g/mol. The van der Waals surface area contributed by atoms with Gasteiger partial charge in [-0.1, -0.05) is 0 Å². The highest BCUT2D eigenvalue weighted by Crippen LogP contribution is 2.56. The molecule has 3 rings (SSSR count). The summed E-state index contributed by atoms with van der Waals surface area (Å²) in [6.45, 7) is 6.22. The molecule has 9 nitrogen and oxygen atoms in total. The first kappa shape index (κ1) is 30.0. The molecule has 0 atom stereocenters. The normalized spacial score (nSPS) is 12.1. The molecule has 0 aliphatic rings. The molecular weight excluding hydrogens is 527 g/mol. The Labute approximate surface area is 225 Å². The predicted molar refractivity (Wildman–Crippen MR) is 148 cm³/mol. The fraction of sp³-hybridized carbons (Fsp3) is 0.333. The predicted octanol–water partition coefficient (Wildman–Crippen LogP) is 4.33. The molecule has 3 N–H and O–H groups in total. The molecule has 0 aromatic heterocycles. The van der Waals surface area contributed by atoms with Gasteiger partial charge in [0.05, 0.1) is 26.0 Å². The number of phenols is 3. The van der Waals surface area contributed by atoms with Crippen molar-refractivity contribution in [3.05, 3.63) is 72.8 Å². The van der Waals surface area contributed by atoms with Crippen LogP contribution in [0.15, 0.2) is 72.8 Å². The van der Waals surface area contributed by atoms with E-state index in [1.807, 2.05) is 36.4 Å². The van der Waals surface area contributed by atoms with Gasteiger partial charge in [-0.3, -0.25) is 0 Å². The molecule has 0 amide bonds. The Bertz CT molecular complexity index is 962. The van der Waals surface area contributed by atoms with Crippen molar-refractivity contribution < 1.29 is 43.7 Å². The molecule has 38 heavy (non-hydrogen) atoms. The maximum Gasteiger partial charge on any atom is 0.584 e. The van der Waals surface area contributed by atoms with Crippen molar-refractivity contribution in [2.75, 3.05) is 26.0 Å². The molecule has 206 valence electrons. The van der Waals surface area contributed by atoms with Gasteiger partial charge in [0.25, 0.3) is 0 Å². The molecule has 3 aromatic carbocycles. The van der Waals surface area contributed by atoms with Gasteiger partial charge in [0, 0.05) is 6.04 Å². The smallest absolute Gasteiger partial charge is 0.508 e. The van der Waals surface area contributed by atoms with Crippen LogP contribution in [0.3, 0.4) is 0 Å². The third kappa shape index (κ3) is 7.53. The lowest BCUT2D eigenvalue weighted by molar-refractivity contribution is -0.360. The summed E-state index contributed by atoms with van der Waals surface area (Å²) in [5.74, 6) is 0.486. The van der Waals surface area contributed by atoms with Crippen LogP contribution in [0.4, 0.5) is 0 Å². The number of hydrogen-bond donors (Lipinski definition) is 3. The Morgan fingerprint density at radius 3 is 1.16 bits per heavy atom. The van der Waals surface area contributed by atoms with Crippen molar-refractivity contribution in [2.24, 2.45) is 0 Å². The van der Waals surface area contributed by atoms with Crippen LogP contribution in [0.1, 0.15) is 27.2 Å². The van der Waals surface area contributed by atoms with Crippen LogP contribution in [0, 0.1) is 0 Å². The summed E-state index contributed by atoms with van der Waals surface area (Å²) in [7, 11) is -5.93. The summed E-state index contributed by atoms with van der Waals surface area (Å²) in [5, 5.41) is 33.1. The van der Waals surface area contributed by atoms with Crippen molar-refractivity contribution in [1.82, 2.24) is 0 Å². The van der Waals surface area contributed by atoms with Gasteiger partial charge in [-0.2, -0.15) is 0 Å². The molecule has 0 unspecified atom stereocenters. The summed E-state index contributed by atoms with van der Waals surface area (Å²) in [6.07, 6.45) is 1.21. The van der Waals surface area contributed by atoms with E-state index >= 15 is 0 Å². The van der Waals surface area contributed by atoms with E-state index in [4.69, 9.17) is 28.4 Å². The van der Waals surface area contributed by atoms with Crippen LogP contribution in [-0.2, 0) is 28.4 Å². The van der Waals surface area contributed by atoms with E-state index in [2.05, 4.69) is 0 Å². The van der Waals surface area contributed by atoms with Crippen molar-refractivity contribution >= 4 is 32.0 Å². The zero-order chi connectivity index (χ0) is 27.4. The lowest BCUT2D eigenvalue weighted by Gasteiger charge is -2.29. The zero-order valence-electron chi connectivity index (χ0n) is 21.9. The minimum Gasteiger partial charge on any atom is -0.508 e. The quantitative estimate of drug-likeness (QED) is 0.101. The molecule has 0 bridgehead atoms. The van der Waals surface area contributed by atoms with Gasteiger partial charge >= 0.3 is 8.80 Å². The van der Waals surface area contributed by atoms with Crippen LogP contribution < -0.4 is 15.9 Å². The first-order valence-corrected chi connectivity index (χ1v) is 16.5. The summed E-state index contributed by atoms with van der Waals surface area (Å²) in [5.41, 5.74) is 0. The van der Waals surface area contributed by atoms with Crippen LogP contribution in [0.25, 0.3) is 0 Å². The SMILES string of the molecule is CCOO[Si](CCC[P+](c1ccc(O)cc1)(c1ccc(O)cc1)c1ccc(O)cc1)(OOCC)OOCC. The van der Waals surface area contributed by atoms with Crippen LogP contribution >= 0.6 is 7.26 Å². The lowest BCUT2D eigenvalue weighted by atomic mass is 10.3. The standard InChI is InChI=1S/C27H35O9PSi/c1-4-31-34-38(35-32-5-2,36-33-6-3)21-7-20-37(25-14-8-22(28)9-15-25,26-16-10-23(29)11-17-26)27-18-12-24(30)13-19-27/h8-19H,4-7,20-21H2,1-3H3,(H2-,28,29,30)/p+1. The zero-order valence-corrected chi connectivity index (χ0v) is 23.8. The van der Waals surface area contributed by atoms with Crippen molar-refractivity contribution in [1.29, 1.82) is 0 Å². The number of rotatable bonds is 16. The molecule has 0 fully saturated rings. The summed E-state index contributed by atoms with van der Waals surface area (Å²) >= 11 is 0. The second-order valence-electron chi connectivity index (χ2n) is 8.34. The highest BCUT2D eigenvalue weighted by atomic mass is 31.2. The van der Waals surface area contributed by atoms with Gasteiger partial charge in [-0.15, -0.1) is 0 Å². The fourth-order valence-electron chi connectivity index (χ4n) is 4.10. The molecule has 0 heterocycles. The third-order valence-electron chi connectivity index (χ3n) is 5.76. The molecule has 0 aliphatic heterocycles. The van der Waals surface area contributed by atoms with E-state index < -0.39 is 16.1 Å². The lowest BCUT2D eigenvalue weighted by Crippen LogP contribution is -2.46. The van der Waals surface area contributed by atoms with E-state index in [1.165, 1.54) is 0 Å². The Kier molecular flexibility index (Phi) is 11.5. The van der Waals surface area contributed by atoms with Crippen LogP contribution in [0.5, 0.6) is 17.2 Å². The van der Waals surface area contributed by atoms with Gasteiger partial charge in [0.2, 0.25) is 0 Å². The number of phenolic OH excluding ortho intramolecular Hbond substituents is 3. The number of benzene rings is 3. The van der Waals surface area contributed by atoms with E-state index in [9.17, 15) is 15.3 Å². The molecule has 0 saturated carbocycles. The molecule has 11 heteroatoms. The highest BCUT2D eigenvalue weighted by molar-refractivity contribution is 7.95. The van der Waals surface area contributed by atoms with E-state index in [-0.39, 0.29) is 37.1 Å². The fourth-order valence-corrected chi connectivity index (χ4v) is 10.5. The van der Waals surface area contributed by atoms with E-state index in [1.54, 1.807) is 57.2 Å². The monoisotopic (exact) mass is 563 g/mol. The minimum absolute atomic E-state index is 0.162. The first-order chi connectivity index (χ1) is 18.4. The Morgan fingerprint density at radius 2 is 0.868 bits per heavy atom. The second kappa shape index (κ2) is 14.6. The maximum atomic E-state index is 10.0. The van der Waals surface area contributed by atoms with Gasteiger partial charge in [-0.25, -0.2) is 28.4 Å². The van der Waals surface area contributed by atoms with Gasteiger partial charge < -0.3 is 15.3 Å². The minimum atomic E-state index is -3.56. The van der Waals surface area contributed by atoms with Crippen molar-refractivity contribution in [2.45, 2.75) is 33.2 Å². The van der Waals surface area contributed by atoms with Gasteiger partial charge in [-0.05, 0) is 100.0 Å². The molecule has 0 aliphatic carbocycles. The topological polar surface area (TPSA) is 116 Å². The van der Waals surface area contributed by atoms with Gasteiger partial charge in [0.1, 0.15) is 40.4 Å². The second-order valence-corrected chi connectivity index (χ2v) is 14.3. The molecule has 0 radical (unpaired) electrons. The van der Waals surface area contributed by atoms with Crippen LogP contribution in [-0.4, -0.2) is 50.1 Å². The van der Waals surface area contributed by atoms with E-state index in [0.717, 1.165) is 15.9 Å². The summed E-state index contributed by atoms with van der Waals surface area (Å²) in [4.78, 5) is 15.7. The first-order valence-electron chi connectivity index (χ1n) is 12.6. The third-order valence-corrected chi connectivity index (χ3v) is 12.4. The largest absolute Gasteiger partial charge is 0.584 e. The molecule has 0 saturated heterocycles. The Balaban J connectivity index is 2.07. The number of hydrogen-bond acceptors (Lipinski definition) is 9. The van der Waals surface area contributed by atoms with Crippen molar-refractivity contribution in [3.63, 3.8) is 0 Å². The van der Waals surface area contributed by atoms with Crippen molar-refractivity contribution in [3.8, 4) is 17.2 Å². The highest BCUT2D eigenvalue weighted by Gasteiger charge is 2.50. The van der Waals surface area contributed by atoms with Crippen LogP contribution in [0.2, 0.25) is 6.04 Å². The van der Waals surface area contributed by atoms with E-state index in [0.29, 0.717) is 18.6 Å². The molecular formula is C27H36O9PSi+. The Hall–Kier alpha value is -2.53. The van der Waals surface area contributed by atoms with Gasteiger partial charge in [0.15, 0.2) is 0 Å². The summed E-state index contributed by atoms with van der Waals surface area (Å²) in [6, 6.07) is 21.8. The number of aromatic hydroxyl groups is 3. The Morgan fingerprint density at radius 1 is 0.553 bits per heavy atom. The maximum absolute atomic E-state index is 10.0. The summed E-state index contributed by atoms with van der Waals surface area (Å²) < 4.78 is 16.9. The average Bonchev–Trinajstić information content (AvgIpc) is 2.93. The molecule has 3 aromatic rings.